The van der Waals surface area contributed by atoms with Gasteiger partial charge in [-0.1, -0.05) is 24.6 Å². The van der Waals surface area contributed by atoms with E-state index in [4.69, 9.17) is 11.6 Å². The minimum atomic E-state index is 0.816. The van der Waals surface area contributed by atoms with Crippen molar-refractivity contribution in [2.45, 2.75) is 26.4 Å². The Morgan fingerprint density at radius 2 is 2.15 bits per heavy atom. The van der Waals surface area contributed by atoms with Crippen molar-refractivity contribution in [1.82, 2.24) is 5.32 Å². The lowest BCUT2D eigenvalue weighted by atomic mass is 10.1. The molecule has 2 nitrogen and oxygen atoms in total. The number of halogens is 1. The predicted molar refractivity (Wildman–Crippen MR) is 89.9 cm³/mol. The fraction of sp³-hybridized carbons (Fsp3) is 0.375. The molecule has 1 N–H and O–H groups in total. The number of anilines is 1. The topological polar surface area (TPSA) is 15.3 Å². The largest absolute Gasteiger partial charge is 0.370 e. The van der Waals surface area contributed by atoms with E-state index in [1.165, 1.54) is 16.8 Å². The Bertz CT molecular complexity index is 525. The van der Waals surface area contributed by atoms with Gasteiger partial charge in [0.25, 0.3) is 0 Å². The molecule has 1 aromatic heterocycles. The van der Waals surface area contributed by atoms with Gasteiger partial charge in [0.15, 0.2) is 0 Å². The van der Waals surface area contributed by atoms with Gasteiger partial charge < -0.3 is 10.2 Å². The van der Waals surface area contributed by atoms with Gasteiger partial charge in [0.2, 0.25) is 0 Å². The maximum atomic E-state index is 6.37. The first-order valence-corrected chi connectivity index (χ1v) is 8.24. The third-order valence-corrected chi connectivity index (χ3v) is 4.32. The summed E-state index contributed by atoms with van der Waals surface area (Å²) in [5, 5.41) is 8.58. The molecule has 0 amide bonds. The van der Waals surface area contributed by atoms with Crippen molar-refractivity contribution in [1.29, 1.82) is 0 Å². The van der Waals surface area contributed by atoms with E-state index in [1.807, 2.05) is 12.1 Å². The van der Waals surface area contributed by atoms with E-state index >= 15 is 0 Å². The van der Waals surface area contributed by atoms with Crippen LogP contribution in [0.2, 0.25) is 5.02 Å². The highest BCUT2D eigenvalue weighted by Crippen LogP contribution is 2.28. The fourth-order valence-electron chi connectivity index (χ4n) is 2.21. The second-order valence-corrected chi connectivity index (χ2v) is 6.09. The summed E-state index contributed by atoms with van der Waals surface area (Å²) in [5.41, 5.74) is 3.72. The van der Waals surface area contributed by atoms with E-state index in [2.05, 4.69) is 47.1 Å². The lowest BCUT2D eigenvalue weighted by molar-refractivity contribution is 0.674. The lowest BCUT2D eigenvalue weighted by Crippen LogP contribution is -2.21. The van der Waals surface area contributed by atoms with Crippen molar-refractivity contribution < 1.29 is 0 Å². The SMILES string of the molecule is CCCNCc1c(Cl)cccc1N(C)Cc1ccsc1. The van der Waals surface area contributed by atoms with Crippen LogP contribution in [0.5, 0.6) is 0 Å². The predicted octanol–water partition coefficient (Wildman–Crippen LogP) is 4.54. The molecule has 1 aromatic carbocycles. The van der Waals surface area contributed by atoms with Gasteiger partial charge in [-0.15, -0.1) is 0 Å². The second-order valence-electron chi connectivity index (χ2n) is 4.90. The number of nitrogens with zero attached hydrogens (tertiary/aromatic N) is 1. The molecule has 0 aliphatic carbocycles. The molecule has 0 fully saturated rings. The Hall–Kier alpha value is -1.03. The van der Waals surface area contributed by atoms with Crippen molar-refractivity contribution in [3.05, 3.63) is 51.2 Å². The van der Waals surface area contributed by atoms with Crippen molar-refractivity contribution in [2.24, 2.45) is 0 Å². The van der Waals surface area contributed by atoms with Crippen LogP contribution in [-0.4, -0.2) is 13.6 Å². The zero-order valence-corrected chi connectivity index (χ0v) is 13.6. The molecule has 0 bridgehead atoms. The monoisotopic (exact) mass is 308 g/mol. The average molecular weight is 309 g/mol. The number of hydrogen-bond donors (Lipinski definition) is 1. The second kappa shape index (κ2) is 7.67. The molecule has 2 aromatic rings. The molecule has 0 radical (unpaired) electrons. The maximum Gasteiger partial charge on any atom is 0.0471 e. The summed E-state index contributed by atoms with van der Waals surface area (Å²) in [5.74, 6) is 0. The van der Waals surface area contributed by atoms with Crippen molar-refractivity contribution >= 4 is 28.6 Å². The Morgan fingerprint density at radius 3 is 2.85 bits per heavy atom. The molecule has 0 aliphatic rings. The molecule has 2 rings (SSSR count). The van der Waals surface area contributed by atoms with Crippen molar-refractivity contribution in [2.75, 3.05) is 18.5 Å². The molecule has 1 heterocycles. The molecule has 0 aliphatic heterocycles. The van der Waals surface area contributed by atoms with Crippen LogP contribution in [0.25, 0.3) is 0 Å². The van der Waals surface area contributed by atoms with E-state index in [9.17, 15) is 0 Å². The fourth-order valence-corrected chi connectivity index (χ4v) is 3.11. The number of nitrogens with one attached hydrogen (secondary N) is 1. The van der Waals surface area contributed by atoms with Crippen LogP contribution in [0.3, 0.4) is 0 Å². The third-order valence-electron chi connectivity index (χ3n) is 3.23. The first-order valence-electron chi connectivity index (χ1n) is 6.92. The molecule has 20 heavy (non-hydrogen) atoms. The summed E-state index contributed by atoms with van der Waals surface area (Å²) in [6, 6.07) is 8.29. The smallest absolute Gasteiger partial charge is 0.0471 e. The molecule has 108 valence electrons. The van der Waals surface area contributed by atoms with E-state index in [-0.39, 0.29) is 0 Å². The quantitative estimate of drug-likeness (QED) is 0.756. The van der Waals surface area contributed by atoms with Gasteiger partial charge in [-0.05, 0) is 47.5 Å². The summed E-state index contributed by atoms with van der Waals surface area (Å²) in [6.07, 6.45) is 1.13. The van der Waals surface area contributed by atoms with E-state index in [1.54, 1.807) is 11.3 Å². The Labute approximate surface area is 130 Å². The Balaban J connectivity index is 2.14. The summed E-state index contributed by atoms with van der Waals surface area (Å²) in [7, 11) is 2.12. The molecular weight excluding hydrogens is 288 g/mol. The number of rotatable bonds is 7. The highest BCUT2D eigenvalue weighted by atomic mass is 35.5. The molecule has 4 heteroatoms. The normalized spacial score (nSPS) is 10.8. The highest BCUT2D eigenvalue weighted by molar-refractivity contribution is 7.07. The summed E-state index contributed by atoms with van der Waals surface area (Å²) in [4.78, 5) is 2.26. The Kier molecular flexibility index (Phi) is 5.89. The van der Waals surface area contributed by atoms with Crippen LogP contribution in [0.4, 0.5) is 5.69 Å². The van der Waals surface area contributed by atoms with Crippen LogP contribution in [0.15, 0.2) is 35.0 Å². The van der Waals surface area contributed by atoms with Gasteiger partial charge in [-0.3, -0.25) is 0 Å². The van der Waals surface area contributed by atoms with Gasteiger partial charge >= 0.3 is 0 Å². The number of thiophene rings is 1. The van der Waals surface area contributed by atoms with E-state index in [0.717, 1.165) is 31.1 Å². The molecule has 0 saturated heterocycles. The van der Waals surface area contributed by atoms with Crippen LogP contribution in [0.1, 0.15) is 24.5 Å². The number of hydrogen-bond acceptors (Lipinski definition) is 3. The van der Waals surface area contributed by atoms with Crippen LogP contribution in [-0.2, 0) is 13.1 Å². The third kappa shape index (κ3) is 3.98. The van der Waals surface area contributed by atoms with E-state index < -0.39 is 0 Å². The van der Waals surface area contributed by atoms with Crippen molar-refractivity contribution in [3.63, 3.8) is 0 Å². The summed E-state index contributed by atoms with van der Waals surface area (Å²) >= 11 is 8.11. The van der Waals surface area contributed by atoms with Gasteiger partial charge in [-0.2, -0.15) is 11.3 Å². The van der Waals surface area contributed by atoms with Crippen LogP contribution < -0.4 is 10.2 Å². The Morgan fingerprint density at radius 1 is 1.30 bits per heavy atom. The maximum absolute atomic E-state index is 6.37. The van der Waals surface area contributed by atoms with E-state index in [0.29, 0.717) is 0 Å². The van der Waals surface area contributed by atoms with Crippen LogP contribution >= 0.6 is 22.9 Å². The van der Waals surface area contributed by atoms with Gasteiger partial charge in [0.05, 0.1) is 0 Å². The standard InChI is InChI=1S/C16H21ClN2S/c1-3-8-18-10-14-15(17)5-4-6-16(14)19(2)11-13-7-9-20-12-13/h4-7,9,12,18H,3,8,10-11H2,1-2H3. The van der Waals surface area contributed by atoms with Crippen LogP contribution in [0, 0.1) is 0 Å². The zero-order valence-electron chi connectivity index (χ0n) is 12.0. The van der Waals surface area contributed by atoms with Gasteiger partial charge in [-0.25, -0.2) is 0 Å². The average Bonchev–Trinajstić information content (AvgIpc) is 2.93. The minimum absolute atomic E-state index is 0.816. The summed E-state index contributed by atoms with van der Waals surface area (Å²) < 4.78 is 0. The molecular formula is C16H21ClN2S. The zero-order chi connectivity index (χ0) is 14.4. The first kappa shape index (κ1) is 15.4. The summed E-state index contributed by atoms with van der Waals surface area (Å²) in [6.45, 7) is 4.91. The lowest BCUT2D eigenvalue weighted by Gasteiger charge is -2.23. The van der Waals surface area contributed by atoms with Gasteiger partial charge in [0, 0.05) is 36.4 Å². The first-order chi connectivity index (χ1) is 9.72. The molecule has 0 saturated carbocycles. The highest BCUT2D eigenvalue weighted by Gasteiger charge is 2.11. The van der Waals surface area contributed by atoms with Gasteiger partial charge in [0.1, 0.15) is 0 Å². The molecule has 0 unspecified atom stereocenters. The number of benzene rings is 1. The molecule has 0 spiro atoms. The minimum Gasteiger partial charge on any atom is -0.370 e. The molecule has 0 atom stereocenters. The van der Waals surface area contributed by atoms with Crippen molar-refractivity contribution in [3.8, 4) is 0 Å².